The van der Waals surface area contributed by atoms with Gasteiger partial charge in [-0.05, 0) is 18.9 Å². The van der Waals surface area contributed by atoms with Gasteiger partial charge in [0, 0.05) is 25.2 Å². The Morgan fingerprint density at radius 3 is 2.78 bits per heavy atom. The van der Waals surface area contributed by atoms with Gasteiger partial charge in [0.2, 0.25) is 6.43 Å². The molecule has 3 rings (SSSR count). The lowest BCUT2D eigenvalue weighted by molar-refractivity contribution is 0.0636. The maximum atomic E-state index is 12.6. The molecule has 0 bridgehead atoms. The minimum absolute atomic E-state index is 0.447. The van der Waals surface area contributed by atoms with Crippen molar-refractivity contribution in [2.75, 3.05) is 18.0 Å². The Morgan fingerprint density at radius 1 is 1.33 bits per heavy atom. The Labute approximate surface area is 107 Å². The van der Waals surface area contributed by atoms with Gasteiger partial charge in [-0.15, -0.1) is 0 Å². The van der Waals surface area contributed by atoms with Gasteiger partial charge in [-0.25, -0.2) is 13.8 Å². The molecule has 3 heterocycles. The molecule has 3 nitrogen and oxygen atoms in total. The fourth-order valence-corrected chi connectivity index (χ4v) is 3.23. The molecule has 96 valence electrons. The molecule has 0 unspecified atom stereocenters. The van der Waals surface area contributed by atoms with Crippen LogP contribution in [0.15, 0.2) is 18.5 Å². The minimum Gasteiger partial charge on any atom is -0.348 e. The maximum absolute atomic E-state index is 12.6. The molecule has 1 aliphatic heterocycles. The second-order valence-corrected chi connectivity index (χ2v) is 5.51. The number of hydrogen-bond acceptors (Lipinski definition) is 4. The average Bonchev–Trinajstić information content (AvgIpc) is 2.82. The second-order valence-electron chi connectivity index (χ2n) is 4.50. The van der Waals surface area contributed by atoms with Crippen LogP contribution < -0.4 is 4.90 Å². The van der Waals surface area contributed by atoms with E-state index < -0.39 is 12.3 Å². The van der Waals surface area contributed by atoms with Crippen molar-refractivity contribution in [2.24, 2.45) is 5.92 Å². The molecule has 0 radical (unpaired) electrons. The Morgan fingerprint density at radius 2 is 2.11 bits per heavy atom. The number of halogens is 2. The van der Waals surface area contributed by atoms with E-state index in [9.17, 15) is 8.78 Å². The van der Waals surface area contributed by atoms with E-state index >= 15 is 0 Å². The molecule has 6 heteroatoms. The normalized spacial score (nSPS) is 17.8. The third-order valence-corrected chi connectivity index (χ3v) is 4.44. The van der Waals surface area contributed by atoms with Crippen LogP contribution in [0.4, 0.5) is 13.9 Å². The number of hydrogen-bond donors (Lipinski definition) is 0. The molecule has 0 aliphatic carbocycles. The van der Waals surface area contributed by atoms with E-state index in [0.717, 1.165) is 15.3 Å². The molecule has 2 aromatic rings. The Bertz CT molecular complexity index is 502. The van der Waals surface area contributed by atoms with E-state index in [0.29, 0.717) is 25.9 Å². The minimum atomic E-state index is -2.19. The SMILES string of the molecule is FC(F)C1CCN(c2nc3cnccc3s2)CC1. The van der Waals surface area contributed by atoms with Crippen LogP contribution in [0.2, 0.25) is 0 Å². The predicted molar refractivity (Wildman–Crippen MR) is 68.4 cm³/mol. The number of rotatable bonds is 2. The number of thiazole rings is 1. The van der Waals surface area contributed by atoms with Gasteiger partial charge < -0.3 is 4.90 Å². The first-order valence-electron chi connectivity index (χ1n) is 5.97. The highest BCUT2D eigenvalue weighted by Gasteiger charge is 2.27. The summed E-state index contributed by atoms with van der Waals surface area (Å²) in [6, 6.07) is 1.93. The fourth-order valence-electron chi connectivity index (χ4n) is 2.25. The molecular weight excluding hydrogens is 256 g/mol. The van der Waals surface area contributed by atoms with Crippen molar-refractivity contribution in [2.45, 2.75) is 19.3 Å². The predicted octanol–water partition coefficient (Wildman–Crippen LogP) is 3.17. The first kappa shape index (κ1) is 11.8. The number of nitrogens with zero attached hydrogens (tertiary/aromatic N) is 3. The zero-order valence-electron chi connectivity index (χ0n) is 9.72. The quantitative estimate of drug-likeness (QED) is 0.838. The summed E-state index contributed by atoms with van der Waals surface area (Å²) in [6.45, 7) is 1.34. The summed E-state index contributed by atoms with van der Waals surface area (Å²) in [7, 11) is 0. The van der Waals surface area contributed by atoms with Gasteiger partial charge in [-0.2, -0.15) is 0 Å². The summed E-state index contributed by atoms with van der Waals surface area (Å²) in [5.41, 5.74) is 0.883. The highest BCUT2D eigenvalue weighted by molar-refractivity contribution is 7.22. The van der Waals surface area contributed by atoms with Gasteiger partial charge in [0.15, 0.2) is 5.13 Å². The Hall–Kier alpha value is -1.30. The van der Waals surface area contributed by atoms with Crippen LogP contribution in [0.5, 0.6) is 0 Å². The zero-order chi connectivity index (χ0) is 12.5. The van der Waals surface area contributed by atoms with Crippen LogP contribution in [-0.4, -0.2) is 29.5 Å². The Balaban J connectivity index is 1.76. The van der Waals surface area contributed by atoms with Gasteiger partial charge in [0.05, 0.1) is 10.9 Å². The standard InChI is InChI=1S/C12H13F2N3S/c13-11(14)8-2-5-17(6-3-8)12-16-9-7-15-4-1-10(9)18-12/h1,4,7-8,11H,2-3,5-6H2. The summed E-state index contributed by atoms with van der Waals surface area (Å²) in [6.07, 6.45) is 2.39. The third kappa shape index (κ3) is 2.16. The van der Waals surface area contributed by atoms with Crippen LogP contribution in [0.25, 0.3) is 10.2 Å². The molecular formula is C12H13F2N3S. The molecule has 0 aromatic carbocycles. The smallest absolute Gasteiger partial charge is 0.241 e. The lowest BCUT2D eigenvalue weighted by Crippen LogP contribution is -2.35. The largest absolute Gasteiger partial charge is 0.348 e. The number of anilines is 1. The monoisotopic (exact) mass is 269 g/mol. The fraction of sp³-hybridized carbons (Fsp3) is 0.500. The number of fused-ring (bicyclic) bond motifs is 1. The van der Waals surface area contributed by atoms with E-state index in [1.54, 1.807) is 23.7 Å². The van der Waals surface area contributed by atoms with Crippen LogP contribution in [0, 0.1) is 5.92 Å². The summed E-state index contributed by atoms with van der Waals surface area (Å²) in [5, 5.41) is 0.922. The first-order valence-corrected chi connectivity index (χ1v) is 6.79. The number of alkyl halides is 2. The van der Waals surface area contributed by atoms with Crippen molar-refractivity contribution < 1.29 is 8.78 Å². The summed E-state index contributed by atoms with van der Waals surface area (Å²) in [4.78, 5) is 10.6. The molecule has 0 N–H and O–H groups in total. The van der Waals surface area contributed by atoms with Crippen molar-refractivity contribution in [1.82, 2.24) is 9.97 Å². The molecule has 2 aromatic heterocycles. The Kier molecular flexibility index (Phi) is 3.11. The van der Waals surface area contributed by atoms with Crippen LogP contribution in [0.1, 0.15) is 12.8 Å². The van der Waals surface area contributed by atoms with Crippen molar-refractivity contribution >= 4 is 26.7 Å². The van der Waals surface area contributed by atoms with E-state index in [4.69, 9.17) is 0 Å². The first-order chi connectivity index (χ1) is 8.74. The lowest BCUT2D eigenvalue weighted by Gasteiger charge is -2.31. The van der Waals surface area contributed by atoms with Crippen LogP contribution >= 0.6 is 11.3 Å². The molecule has 0 spiro atoms. The van der Waals surface area contributed by atoms with Crippen LogP contribution in [-0.2, 0) is 0 Å². The van der Waals surface area contributed by atoms with Crippen LogP contribution in [0.3, 0.4) is 0 Å². The van der Waals surface area contributed by atoms with Gasteiger partial charge in [0.1, 0.15) is 5.52 Å². The van der Waals surface area contributed by atoms with Crippen molar-refractivity contribution in [3.63, 3.8) is 0 Å². The summed E-state index contributed by atoms with van der Waals surface area (Å²) < 4.78 is 26.2. The third-order valence-electron chi connectivity index (χ3n) is 3.35. The average molecular weight is 269 g/mol. The molecule has 1 saturated heterocycles. The summed E-state index contributed by atoms with van der Waals surface area (Å²) >= 11 is 1.60. The van der Waals surface area contributed by atoms with E-state index in [1.165, 1.54) is 0 Å². The molecule has 0 saturated carbocycles. The number of pyridine rings is 1. The summed E-state index contributed by atoms with van der Waals surface area (Å²) in [5.74, 6) is -0.447. The zero-order valence-corrected chi connectivity index (χ0v) is 10.5. The lowest BCUT2D eigenvalue weighted by atomic mass is 9.98. The van der Waals surface area contributed by atoms with E-state index in [2.05, 4.69) is 14.9 Å². The highest BCUT2D eigenvalue weighted by Crippen LogP contribution is 2.32. The van der Waals surface area contributed by atoms with Gasteiger partial charge in [-0.1, -0.05) is 11.3 Å². The van der Waals surface area contributed by atoms with Crippen molar-refractivity contribution in [1.29, 1.82) is 0 Å². The maximum Gasteiger partial charge on any atom is 0.241 e. The van der Waals surface area contributed by atoms with Gasteiger partial charge >= 0.3 is 0 Å². The van der Waals surface area contributed by atoms with Crippen molar-refractivity contribution in [3.8, 4) is 0 Å². The topological polar surface area (TPSA) is 29.0 Å². The number of aromatic nitrogens is 2. The van der Waals surface area contributed by atoms with Gasteiger partial charge in [0.25, 0.3) is 0 Å². The van der Waals surface area contributed by atoms with E-state index in [-0.39, 0.29) is 0 Å². The molecule has 0 atom stereocenters. The highest BCUT2D eigenvalue weighted by atomic mass is 32.1. The molecule has 1 aliphatic rings. The number of piperidine rings is 1. The second kappa shape index (κ2) is 4.76. The van der Waals surface area contributed by atoms with Crippen molar-refractivity contribution in [3.05, 3.63) is 18.5 Å². The van der Waals surface area contributed by atoms with E-state index in [1.807, 2.05) is 6.07 Å². The molecule has 18 heavy (non-hydrogen) atoms. The molecule has 0 amide bonds. The van der Waals surface area contributed by atoms with Gasteiger partial charge in [-0.3, -0.25) is 4.98 Å². The molecule has 1 fully saturated rings.